The molecule has 16 heteroatoms. The number of hydrogen-bond donors (Lipinski definition) is 0. The lowest BCUT2D eigenvalue weighted by atomic mass is 10.1. The standard InChI is InChI=1S/C13H26N2OP.C13H21O4PS.C7H12N2.C7H8O3S/c1-12(2,3)15-9-8-14(10-15)11-17(7,16)13(4,5)6;1-11-6-8-12(9-7-11)19(15,16)17-10-18(5,14)13(2,3)4;1-7(2,3)9-5-4-8-6-9;1-6-2-4-7(5-3-6)11(8,9)10/h8-10H,11H2,1-7H3;6-9H,10H2,1-5H3;4-6H,1-3H3;2-5H,1H3,(H,8,9,10)/q+1;;;/p-1/t17-;18-;;/m11../s1. The highest BCUT2D eigenvalue weighted by Crippen LogP contribution is 2.55. The van der Waals surface area contributed by atoms with Gasteiger partial charge in [-0.1, -0.05) is 76.9 Å². The van der Waals surface area contributed by atoms with Crippen molar-refractivity contribution in [3.63, 3.8) is 0 Å². The fourth-order valence-corrected chi connectivity index (χ4v) is 7.93. The minimum absolute atomic E-state index is 0.0741. The molecule has 2 aromatic heterocycles. The maximum Gasteiger partial charge on any atom is 0.297 e. The van der Waals surface area contributed by atoms with Gasteiger partial charge in [0, 0.05) is 28.2 Å². The molecule has 0 bridgehead atoms. The molecule has 0 amide bonds. The van der Waals surface area contributed by atoms with Crippen LogP contribution in [0, 0.1) is 13.8 Å². The summed E-state index contributed by atoms with van der Waals surface area (Å²) in [5.74, 6) is 0. The zero-order valence-corrected chi connectivity index (χ0v) is 39.7. The van der Waals surface area contributed by atoms with Crippen molar-refractivity contribution in [1.29, 1.82) is 0 Å². The first-order valence-electron chi connectivity index (χ1n) is 18.2. The summed E-state index contributed by atoms with van der Waals surface area (Å²) in [6.07, 6.45) is 12.0. The van der Waals surface area contributed by atoms with Crippen molar-refractivity contribution in [1.82, 2.24) is 14.1 Å². The van der Waals surface area contributed by atoms with Gasteiger partial charge in [-0.05, 0) is 93.0 Å². The molecule has 0 saturated carbocycles. The third kappa shape index (κ3) is 16.9. The van der Waals surface area contributed by atoms with E-state index in [1.807, 2.05) is 77.1 Å². The molecule has 12 nitrogen and oxygen atoms in total. The van der Waals surface area contributed by atoms with E-state index in [-0.39, 0.29) is 32.4 Å². The summed E-state index contributed by atoms with van der Waals surface area (Å²) in [7, 11) is -13.0. The molecular weight excluding hydrogens is 791 g/mol. The van der Waals surface area contributed by atoms with E-state index in [1.54, 1.807) is 37.1 Å². The minimum atomic E-state index is -4.27. The van der Waals surface area contributed by atoms with Crippen LogP contribution >= 0.6 is 14.3 Å². The Hall–Kier alpha value is -2.86. The molecule has 316 valence electrons. The van der Waals surface area contributed by atoms with Crippen molar-refractivity contribution in [3.8, 4) is 0 Å². The zero-order chi connectivity index (χ0) is 43.8. The molecular formula is C40H66N4O8P2S2. The van der Waals surface area contributed by atoms with Gasteiger partial charge in [-0.15, -0.1) is 0 Å². The summed E-state index contributed by atoms with van der Waals surface area (Å²) in [5, 5.41) is -0.611. The molecule has 56 heavy (non-hydrogen) atoms. The molecule has 0 aliphatic heterocycles. The van der Waals surface area contributed by atoms with Gasteiger partial charge in [0.1, 0.15) is 55.0 Å². The van der Waals surface area contributed by atoms with Gasteiger partial charge in [-0.25, -0.2) is 22.5 Å². The Morgan fingerprint density at radius 2 is 1.11 bits per heavy atom. The lowest BCUT2D eigenvalue weighted by Crippen LogP contribution is -2.35. The van der Waals surface area contributed by atoms with Crippen LogP contribution in [0.25, 0.3) is 0 Å². The average molecular weight is 857 g/mol. The number of rotatable bonds is 7. The monoisotopic (exact) mass is 856 g/mol. The normalized spacial score (nSPS) is 14.7. The van der Waals surface area contributed by atoms with Crippen LogP contribution < -0.4 is 4.57 Å². The predicted molar refractivity (Wildman–Crippen MR) is 227 cm³/mol. The van der Waals surface area contributed by atoms with Gasteiger partial charge in [0.2, 0.25) is 6.33 Å². The van der Waals surface area contributed by atoms with Crippen LogP contribution in [0.15, 0.2) is 95.8 Å². The van der Waals surface area contributed by atoms with Gasteiger partial charge in [-0.2, -0.15) is 8.42 Å². The molecule has 0 unspecified atom stereocenters. The maximum absolute atomic E-state index is 12.6. The highest BCUT2D eigenvalue weighted by Gasteiger charge is 2.35. The number of imidazole rings is 2. The Balaban J connectivity index is 0.000000388. The van der Waals surface area contributed by atoms with Crippen molar-refractivity contribution >= 4 is 34.5 Å². The van der Waals surface area contributed by atoms with Crippen LogP contribution in [0.5, 0.6) is 0 Å². The summed E-state index contributed by atoms with van der Waals surface area (Å²) in [5.41, 5.74) is 2.15. The Kier molecular flexibility index (Phi) is 17.6. The van der Waals surface area contributed by atoms with Gasteiger partial charge >= 0.3 is 0 Å². The Labute approximate surface area is 337 Å². The second-order valence-corrected chi connectivity index (χ2v) is 28.7. The molecule has 4 rings (SSSR count). The van der Waals surface area contributed by atoms with E-state index in [0.29, 0.717) is 6.29 Å². The van der Waals surface area contributed by atoms with Gasteiger partial charge < -0.3 is 18.2 Å². The third-order valence-corrected chi connectivity index (χ3v) is 18.6. The van der Waals surface area contributed by atoms with E-state index in [0.717, 1.165) is 11.1 Å². The number of nitrogens with zero attached hydrogens (tertiary/aromatic N) is 4. The zero-order valence-electron chi connectivity index (χ0n) is 36.3. The molecule has 0 spiro atoms. The fraction of sp³-hybridized carbons (Fsp3) is 0.550. The number of aryl methyl sites for hydroxylation is 2. The maximum atomic E-state index is 12.6. The second-order valence-electron chi connectivity index (χ2n) is 18.1. The highest BCUT2D eigenvalue weighted by atomic mass is 32.2. The largest absolute Gasteiger partial charge is 0.744 e. The summed E-state index contributed by atoms with van der Waals surface area (Å²) in [6, 6.07) is 12.2. The van der Waals surface area contributed by atoms with E-state index in [9.17, 15) is 30.5 Å². The van der Waals surface area contributed by atoms with Crippen LogP contribution in [0.1, 0.15) is 94.2 Å². The summed E-state index contributed by atoms with van der Waals surface area (Å²) < 4.78 is 91.3. The SMILES string of the molecule is CC(C)(C)n1cc[n+](C[P@@](C)(=O)C(C)(C)C)c1.CC(C)(C)n1ccnc1.Cc1ccc(S(=O)(=O)OC[P@@](C)(=O)C(C)(C)C)cc1.Cc1ccc(S(=O)(=O)[O-])cc1. The predicted octanol–water partition coefficient (Wildman–Crippen LogP) is 9.27. The average Bonchev–Trinajstić information content (AvgIpc) is 3.73. The molecule has 0 aliphatic rings. The molecule has 2 atom stereocenters. The van der Waals surface area contributed by atoms with E-state index in [1.165, 1.54) is 24.3 Å². The van der Waals surface area contributed by atoms with Crippen LogP contribution in [0.3, 0.4) is 0 Å². The lowest BCUT2D eigenvalue weighted by Gasteiger charge is -2.27. The smallest absolute Gasteiger partial charge is 0.297 e. The first-order valence-corrected chi connectivity index (χ1v) is 25.7. The third-order valence-electron chi connectivity index (χ3n) is 9.09. The fourth-order valence-electron chi connectivity index (χ4n) is 3.90. The van der Waals surface area contributed by atoms with Crippen LogP contribution in [0.2, 0.25) is 0 Å². The van der Waals surface area contributed by atoms with E-state index in [4.69, 9.17) is 4.18 Å². The lowest BCUT2D eigenvalue weighted by molar-refractivity contribution is -0.678. The summed E-state index contributed by atoms with van der Waals surface area (Å²) in [6.45, 7) is 31.7. The topological polar surface area (TPSA) is 161 Å². The highest BCUT2D eigenvalue weighted by molar-refractivity contribution is 7.87. The van der Waals surface area contributed by atoms with Gasteiger partial charge in [0.25, 0.3) is 10.1 Å². The molecule has 0 N–H and O–H groups in total. The first-order chi connectivity index (χ1) is 25.0. The van der Waals surface area contributed by atoms with Crippen molar-refractivity contribution in [2.24, 2.45) is 0 Å². The van der Waals surface area contributed by atoms with Gasteiger partial charge in [0.15, 0.2) is 0 Å². The molecule has 0 fully saturated rings. The van der Waals surface area contributed by atoms with Crippen molar-refractivity contribution in [2.75, 3.05) is 19.7 Å². The quantitative estimate of drug-likeness (QED) is 0.0764. The molecule has 2 aromatic carbocycles. The van der Waals surface area contributed by atoms with Crippen LogP contribution in [-0.2, 0) is 50.9 Å². The summed E-state index contributed by atoms with van der Waals surface area (Å²) >= 11 is 0. The molecule has 2 heterocycles. The van der Waals surface area contributed by atoms with Gasteiger partial charge in [0.05, 0.1) is 16.1 Å². The molecule has 4 aromatic rings. The number of aromatic nitrogens is 4. The summed E-state index contributed by atoms with van der Waals surface area (Å²) in [4.78, 5) is 3.86. The minimum Gasteiger partial charge on any atom is -0.744 e. The van der Waals surface area contributed by atoms with Crippen LogP contribution in [0.4, 0.5) is 0 Å². The van der Waals surface area contributed by atoms with Crippen LogP contribution in [-0.4, -0.2) is 65.5 Å². The first kappa shape index (κ1) is 51.2. The van der Waals surface area contributed by atoms with E-state index >= 15 is 0 Å². The molecule has 0 radical (unpaired) electrons. The second kappa shape index (κ2) is 19.3. The van der Waals surface area contributed by atoms with E-state index < -0.39 is 39.7 Å². The molecule has 0 aliphatic carbocycles. The van der Waals surface area contributed by atoms with Gasteiger partial charge in [-0.3, -0.25) is 4.18 Å². The number of benzene rings is 2. The Bertz CT molecular complexity index is 2140. The Morgan fingerprint density at radius 1 is 0.679 bits per heavy atom. The Morgan fingerprint density at radius 3 is 1.43 bits per heavy atom. The van der Waals surface area contributed by atoms with Crippen molar-refractivity contribution in [3.05, 3.63) is 97.1 Å². The van der Waals surface area contributed by atoms with Crippen molar-refractivity contribution < 1.29 is 39.3 Å². The van der Waals surface area contributed by atoms with Crippen molar-refractivity contribution in [2.45, 2.75) is 134 Å². The number of hydrogen-bond acceptors (Lipinski definition) is 9. The molecule has 0 saturated heterocycles. The van der Waals surface area contributed by atoms with E-state index in [2.05, 4.69) is 76.4 Å².